The monoisotopic (exact) mass is 327 g/mol. The van der Waals surface area contributed by atoms with Gasteiger partial charge in [-0.15, -0.1) is 0 Å². The van der Waals surface area contributed by atoms with Crippen LogP contribution in [0.2, 0.25) is 0 Å². The van der Waals surface area contributed by atoms with Gasteiger partial charge in [0, 0.05) is 36.2 Å². The van der Waals surface area contributed by atoms with E-state index < -0.39 is 12.0 Å². The van der Waals surface area contributed by atoms with Gasteiger partial charge < -0.3 is 4.74 Å². The summed E-state index contributed by atoms with van der Waals surface area (Å²) in [5.74, 6) is -0.855. The van der Waals surface area contributed by atoms with Gasteiger partial charge in [0.05, 0.1) is 0 Å². The molecular weight excluding hydrogens is 316 g/mol. The molecule has 2 rings (SSSR count). The van der Waals surface area contributed by atoms with Crippen LogP contribution in [0, 0.1) is 5.82 Å². The zero-order valence-electron chi connectivity index (χ0n) is 11.1. The Morgan fingerprint density at radius 2 is 1.81 bits per heavy atom. The molecule has 0 heterocycles. The Morgan fingerprint density at radius 1 is 1.14 bits per heavy atom. The number of carbonyl (C=O) groups excluding carboxylic acids is 1. The zero-order valence-corrected chi connectivity index (χ0v) is 12.6. The minimum atomic E-state index is -0.533. The second-order valence-corrected chi connectivity index (χ2v) is 5.18. The number of amides is 1. The Hall–Kier alpha value is -1.62. The largest absolute Gasteiger partial charge is 0.372 e. The molecule has 0 aliphatic carbocycles. The van der Waals surface area contributed by atoms with Crippen molar-refractivity contribution in [1.29, 1.82) is 0 Å². The van der Waals surface area contributed by atoms with Crippen molar-refractivity contribution >= 4 is 29.5 Å². The smallest absolute Gasteiger partial charge is 0.283 e. The average molecular weight is 328 g/mol. The van der Waals surface area contributed by atoms with Crippen LogP contribution in [0.4, 0.5) is 4.39 Å². The summed E-state index contributed by atoms with van der Waals surface area (Å²) in [6, 6.07) is 12.7. The van der Waals surface area contributed by atoms with Gasteiger partial charge in [0.15, 0.2) is 0 Å². The highest BCUT2D eigenvalue weighted by atomic mass is 35.5. The lowest BCUT2D eigenvalue weighted by atomic mass is 9.99. The number of rotatable bonds is 4. The Bertz CT molecular complexity index is 632. The molecular formula is C15H12Cl2FNO2. The van der Waals surface area contributed by atoms with Crippen LogP contribution in [0.5, 0.6) is 0 Å². The minimum Gasteiger partial charge on any atom is -0.372 e. The molecule has 0 fully saturated rings. The summed E-state index contributed by atoms with van der Waals surface area (Å²) in [5, 5.41) is 0. The van der Waals surface area contributed by atoms with E-state index >= 15 is 0 Å². The van der Waals surface area contributed by atoms with Crippen molar-refractivity contribution in [1.82, 2.24) is 3.94 Å². The Balaban J connectivity index is 2.36. The summed E-state index contributed by atoms with van der Waals surface area (Å²) in [4.78, 5) is 11.8. The van der Waals surface area contributed by atoms with Crippen molar-refractivity contribution in [2.45, 2.75) is 6.10 Å². The maximum absolute atomic E-state index is 13.0. The number of benzene rings is 2. The molecule has 0 bridgehead atoms. The van der Waals surface area contributed by atoms with E-state index in [0.29, 0.717) is 9.50 Å². The first-order chi connectivity index (χ1) is 10.0. The first-order valence-corrected chi connectivity index (χ1v) is 6.74. The van der Waals surface area contributed by atoms with Crippen LogP contribution in [0.1, 0.15) is 27.6 Å². The Labute approximate surface area is 132 Å². The number of halogens is 3. The molecule has 21 heavy (non-hydrogen) atoms. The number of methoxy groups -OCH3 is 1. The molecule has 0 radical (unpaired) electrons. The molecule has 0 N–H and O–H groups in total. The summed E-state index contributed by atoms with van der Waals surface area (Å²) < 4.78 is 18.9. The lowest BCUT2D eigenvalue weighted by Crippen LogP contribution is -2.12. The molecule has 1 unspecified atom stereocenters. The molecule has 0 spiro atoms. The SMILES string of the molecule is COC(c1ccc(F)cc1)c1cccc(C(=O)N(Cl)Cl)c1. The number of ether oxygens (including phenoxy) is 1. The number of nitrogens with zero attached hydrogens (tertiary/aromatic N) is 1. The maximum atomic E-state index is 13.0. The zero-order chi connectivity index (χ0) is 15.4. The normalized spacial score (nSPS) is 12.0. The summed E-state index contributed by atoms with van der Waals surface area (Å²) in [6.07, 6.45) is -0.419. The first kappa shape index (κ1) is 15.8. The van der Waals surface area contributed by atoms with Gasteiger partial charge in [-0.25, -0.2) is 4.39 Å². The topological polar surface area (TPSA) is 29.5 Å². The third kappa shape index (κ3) is 3.73. The minimum absolute atomic E-state index is 0.322. The van der Waals surface area contributed by atoms with E-state index in [1.807, 2.05) is 0 Å². The summed E-state index contributed by atoms with van der Waals surface area (Å²) in [7, 11) is 1.54. The van der Waals surface area contributed by atoms with E-state index in [0.717, 1.165) is 11.1 Å². The first-order valence-electron chi connectivity index (χ1n) is 6.07. The van der Waals surface area contributed by atoms with Gasteiger partial charge in [-0.2, -0.15) is 3.94 Å². The van der Waals surface area contributed by atoms with Gasteiger partial charge in [0.25, 0.3) is 5.91 Å². The van der Waals surface area contributed by atoms with E-state index in [9.17, 15) is 9.18 Å². The van der Waals surface area contributed by atoms with Crippen LogP contribution in [-0.4, -0.2) is 17.0 Å². The fourth-order valence-corrected chi connectivity index (χ4v) is 2.23. The standard InChI is InChI=1S/C15H12Cl2FNO2/c1-21-14(10-5-7-13(18)8-6-10)11-3-2-4-12(9-11)15(20)19(16)17/h2-9,14H,1H3. The average Bonchev–Trinajstić information content (AvgIpc) is 2.49. The molecule has 6 heteroatoms. The van der Waals surface area contributed by atoms with Crippen LogP contribution >= 0.6 is 23.6 Å². The molecule has 0 saturated heterocycles. The van der Waals surface area contributed by atoms with Gasteiger partial charge in [0.2, 0.25) is 0 Å². The predicted molar refractivity (Wildman–Crippen MR) is 79.6 cm³/mol. The number of hydrogen-bond donors (Lipinski definition) is 0. The third-order valence-corrected chi connectivity index (χ3v) is 3.31. The molecule has 1 atom stereocenters. The fourth-order valence-electron chi connectivity index (χ4n) is 2.03. The molecule has 2 aromatic rings. The van der Waals surface area contributed by atoms with Crippen molar-refractivity contribution in [2.75, 3.05) is 7.11 Å². The molecule has 0 aliphatic heterocycles. The number of hydrogen-bond acceptors (Lipinski definition) is 2. The number of carbonyl (C=O) groups is 1. The predicted octanol–water partition coefficient (Wildman–Crippen LogP) is 4.31. The van der Waals surface area contributed by atoms with Crippen LogP contribution in [0.25, 0.3) is 0 Å². The van der Waals surface area contributed by atoms with Crippen molar-refractivity contribution in [2.24, 2.45) is 0 Å². The second kappa shape index (κ2) is 6.89. The highest BCUT2D eigenvalue weighted by Crippen LogP contribution is 2.26. The Kier molecular flexibility index (Phi) is 5.17. The van der Waals surface area contributed by atoms with Gasteiger partial charge in [-0.1, -0.05) is 24.3 Å². The highest BCUT2D eigenvalue weighted by molar-refractivity contribution is 6.43. The fraction of sp³-hybridized carbons (Fsp3) is 0.133. The van der Waals surface area contributed by atoms with Gasteiger partial charge >= 0.3 is 0 Å². The van der Waals surface area contributed by atoms with Gasteiger partial charge in [-0.05, 0) is 35.4 Å². The van der Waals surface area contributed by atoms with E-state index in [-0.39, 0.29) is 5.82 Å². The van der Waals surface area contributed by atoms with Crippen LogP contribution in [0.15, 0.2) is 48.5 Å². The second-order valence-electron chi connectivity index (χ2n) is 4.33. The van der Waals surface area contributed by atoms with E-state index in [1.165, 1.54) is 19.2 Å². The van der Waals surface area contributed by atoms with Crippen molar-refractivity contribution < 1.29 is 13.9 Å². The van der Waals surface area contributed by atoms with Crippen molar-refractivity contribution in [3.63, 3.8) is 0 Å². The van der Waals surface area contributed by atoms with Crippen LogP contribution in [0.3, 0.4) is 0 Å². The van der Waals surface area contributed by atoms with Crippen LogP contribution in [-0.2, 0) is 4.74 Å². The van der Waals surface area contributed by atoms with E-state index in [2.05, 4.69) is 0 Å². The summed E-state index contributed by atoms with van der Waals surface area (Å²) in [6.45, 7) is 0. The van der Waals surface area contributed by atoms with E-state index in [4.69, 9.17) is 28.3 Å². The lowest BCUT2D eigenvalue weighted by molar-refractivity contribution is 0.0923. The summed E-state index contributed by atoms with van der Waals surface area (Å²) in [5.41, 5.74) is 1.85. The molecule has 0 saturated carbocycles. The van der Waals surface area contributed by atoms with Crippen molar-refractivity contribution in [3.05, 3.63) is 71.0 Å². The molecule has 1 amide bonds. The van der Waals surface area contributed by atoms with Gasteiger partial charge in [0.1, 0.15) is 11.9 Å². The lowest BCUT2D eigenvalue weighted by Gasteiger charge is -2.17. The molecule has 110 valence electrons. The molecule has 0 aromatic heterocycles. The van der Waals surface area contributed by atoms with E-state index in [1.54, 1.807) is 36.4 Å². The molecule has 2 aromatic carbocycles. The molecule has 0 aliphatic rings. The highest BCUT2D eigenvalue weighted by Gasteiger charge is 2.17. The third-order valence-electron chi connectivity index (χ3n) is 3.00. The van der Waals surface area contributed by atoms with Gasteiger partial charge in [-0.3, -0.25) is 4.79 Å². The quantitative estimate of drug-likeness (QED) is 0.783. The Morgan fingerprint density at radius 3 is 2.38 bits per heavy atom. The molecule has 3 nitrogen and oxygen atoms in total. The maximum Gasteiger partial charge on any atom is 0.283 e. The van der Waals surface area contributed by atoms with Crippen LogP contribution < -0.4 is 0 Å². The summed E-state index contributed by atoms with van der Waals surface area (Å²) >= 11 is 10.9. The van der Waals surface area contributed by atoms with Crippen molar-refractivity contribution in [3.8, 4) is 0 Å².